The first kappa shape index (κ1) is 21.8. The van der Waals surface area contributed by atoms with Crippen LogP contribution in [0.15, 0.2) is 40.9 Å². The highest BCUT2D eigenvalue weighted by molar-refractivity contribution is 5.73. The Morgan fingerprint density at radius 3 is 2.59 bits per heavy atom. The van der Waals surface area contributed by atoms with Crippen molar-refractivity contribution in [1.82, 2.24) is 14.9 Å². The van der Waals surface area contributed by atoms with Crippen LogP contribution in [0.2, 0.25) is 0 Å². The van der Waals surface area contributed by atoms with Crippen LogP contribution in [0.25, 0.3) is 11.5 Å². The van der Waals surface area contributed by atoms with Crippen LogP contribution in [0.5, 0.6) is 11.5 Å². The third-order valence-corrected chi connectivity index (χ3v) is 5.61. The summed E-state index contributed by atoms with van der Waals surface area (Å²) in [5, 5.41) is 0. The Morgan fingerprint density at radius 2 is 1.94 bits per heavy atom. The summed E-state index contributed by atoms with van der Waals surface area (Å²) >= 11 is 0. The molecule has 0 unspecified atom stereocenters. The number of carbonyl (C=O) groups is 1. The number of benzene rings is 1. The number of aldehydes is 1. The lowest BCUT2D eigenvalue weighted by atomic mass is 10.1. The minimum atomic E-state index is 0.233. The molecule has 0 radical (unpaired) electrons. The minimum Gasteiger partial charge on any atom is -0.497 e. The minimum absolute atomic E-state index is 0.233. The number of pyridine rings is 1. The van der Waals surface area contributed by atoms with E-state index in [0.29, 0.717) is 31.0 Å². The number of methoxy groups -OCH3 is 2. The van der Waals surface area contributed by atoms with Crippen molar-refractivity contribution in [2.45, 2.75) is 25.9 Å². The van der Waals surface area contributed by atoms with Gasteiger partial charge in [0.25, 0.3) is 0 Å². The zero-order valence-electron chi connectivity index (χ0n) is 18.7. The summed E-state index contributed by atoms with van der Waals surface area (Å²) in [5.74, 6) is 3.08. The van der Waals surface area contributed by atoms with Crippen LogP contribution in [0.1, 0.15) is 34.7 Å². The van der Waals surface area contributed by atoms with Crippen molar-refractivity contribution in [2.75, 3.05) is 39.3 Å². The molecule has 8 nitrogen and oxygen atoms in total. The molecule has 8 heteroatoms. The van der Waals surface area contributed by atoms with E-state index in [9.17, 15) is 4.79 Å². The van der Waals surface area contributed by atoms with Gasteiger partial charge in [-0.05, 0) is 38.1 Å². The van der Waals surface area contributed by atoms with Crippen molar-refractivity contribution in [2.24, 2.45) is 0 Å². The van der Waals surface area contributed by atoms with Crippen LogP contribution in [0.4, 0.5) is 5.82 Å². The van der Waals surface area contributed by atoms with Gasteiger partial charge < -0.3 is 18.8 Å². The fourth-order valence-electron chi connectivity index (χ4n) is 3.92. The maximum atomic E-state index is 11.6. The Balaban J connectivity index is 1.48. The summed E-state index contributed by atoms with van der Waals surface area (Å²) in [4.78, 5) is 25.1. The van der Waals surface area contributed by atoms with E-state index in [1.807, 2.05) is 42.3 Å². The number of hydrogen-bond acceptors (Lipinski definition) is 8. The fourth-order valence-corrected chi connectivity index (χ4v) is 3.92. The number of ether oxygens (including phenoxy) is 2. The Morgan fingerprint density at radius 1 is 1.12 bits per heavy atom. The van der Waals surface area contributed by atoms with Crippen molar-refractivity contribution >= 4 is 12.1 Å². The van der Waals surface area contributed by atoms with Gasteiger partial charge in [-0.2, -0.15) is 0 Å². The highest BCUT2D eigenvalue weighted by Crippen LogP contribution is 2.27. The molecule has 1 aliphatic rings. The van der Waals surface area contributed by atoms with Crippen LogP contribution in [-0.2, 0) is 13.1 Å². The van der Waals surface area contributed by atoms with Gasteiger partial charge in [-0.15, -0.1) is 0 Å². The summed E-state index contributed by atoms with van der Waals surface area (Å²) in [6, 6.07) is 9.64. The van der Waals surface area contributed by atoms with Crippen molar-refractivity contribution in [1.29, 1.82) is 0 Å². The average molecular weight is 437 g/mol. The molecule has 0 spiro atoms. The lowest BCUT2D eigenvalue weighted by Crippen LogP contribution is -2.19. The zero-order valence-corrected chi connectivity index (χ0v) is 18.7. The highest BCUT2D eigenvalue weighted by Gasteiger charge is 2.18. The molecule has 1 aromatic carbocycles. The molecule has 0 N–H and O–H groups in total. The number of oxazole rings is 1. The summed E-state index contributed by atoms with van der Waals surface area (Å²) < 4.78 is 16.5. The van der Waals surface area contributed by atoms with Gasteiger partial charge in [0, 0.05) is 44.0 Å². The number of aromatic nitrogens is 2. The number of nitrogens with zero attached hydrogens (tertiary/aromatic N) is 4. The molecule has 3 aromatic rings. The van der Waals surface area contributed by atoms with Crippen molar-refractivity contribution in [3.8, 4) is 23.0 Å². The van der Waals surface area contributed by atoms with Gasteiger partial charge in [-0.1, -0.05) is 6.07 Å². The van der Waals surface area contributed by atoms with Gasteiger partial charge in [0.1, 0.15) is 23.0 Å². The number of carbonyl (C=O) groups excluding carboxylic acids is 1. The van der Waals surface area contributed by atoms with Crippen molar-refractivity contribution < 1.29 is 18.7 Å². The van der Waals surface area contributed by atoms with E-state index in [4.69, 9.17) is 13.9 Å². The van der Waals surface area contributed by atoms with E-state index < -0.39 is 0 Å². The molecule has 4 rings (SSSR count). The van der Waals surface area contributed by atoms with E-state index in [0.717, 1.165) is 41.5 Å². The number of rotatable bonds is 9. The Bertz CT molecular complexity index is 1060. The first-order valence-corrected chi connectivity index (χ1v) is 10.7. The Kier molecular flexibility index (Phi) is 6.70. The normalized spacial score (nSPS) is 13.6. The summed E-state index contributed by atoms with van der Waals surface area (Å²) in [5.41, 5.74) is 2.35. The fraction of sp³-hybridized carbons (Fsp3) is 0.375. The lowest BCUT2D eigenvalue weighted by molar-refractivity contribution is 0.109. The Labute approximate surface area is 187 Å². The summed E-state index contributed by atoms with van der Waals surface area (Å²) in [7, 11) is 5.22. The summed E-state index contributed by atoms with van der Waals surface area (Å²) in [6.45, 7) is 3.14. The maximum Gasteiger partial charge on any atom is 0.228 e. The van der Waals surface area contributed by atoms with Crippen LogP contribution < -0.4 is 14.4 Å². The molecule has 1 saturated heterocycles. The third-order valence-electron chi connectivity index (χ3n) is 5.61. The molecular formula is C24H28N4O4. The first-order chi connectivity index (χ1) is 15.6. The van der Waals surface area contributed by atoms with Gasteiger partial charge in [0.2, 0.25) is 5.89 Å². The largest absolute Gasteiger partial charge is 0.497 e. The Hall–Kier alpha value is -3.39. The van der Waals surface area contributed by atoms with Crippen LogP contribution in [0.3, 0.4) is 0 Å². The predicted octanol–water partition coefficient (Wildman–Crippen LogP) is 3.80. The highest BCUT2D eigenvalue weighted by atomic mass is 16.5. The molecule has 0 amide bonds. The van der Waals surface area contributed by atoms with Gasteiger partial charge >= 0.3 is 0 Å². The monoisotopic (exact) mass is 436 g/mol. The smallest absolute Gasteiger partial charge is 0.228 e. The first-order valence-electron chi connectivity index (χ1n) is 10.7. The summed E-state index contributed by atoms with van der Waals surface area (Å²) in [6.07, 6.45) is 4.86. The molecule has 0 atom stereocenters. The molecule has 168 valence electrons. The molecule has 0 bridgehead atoms. The van der Waals surface area contributed by atoms with Gasteiger partial charge in [0.05, 0.1) is 19.8 Å². The number of hydrogen-bond donors (Lipinski definition) is 0. The van der Waals surface area contributed by atoms with Crippen molar-refractivity contribution in [3.63, 3.8) is 0 Å². The van der Waals surface area contributed by atoms with E-state index >= 15 is 0 Å². The second-order valence-electron chi connectivity index (χ2n) is 7.90. The molecule has 1 aliphatic heterocycles. The lowest BCUT2D eigenvalue weighted by Gasteiger charge is -2.18. The molecule has 3 heterocycles. The van der Waals surface area contributed by atoms with Gasteiger partial charge in [-0.25, -0.2) is 9.97 Å². The quantitative estimate of drug-likeness (QED) is 0.469. The SMILES string of the molecule is COc1ccc(CN(C)Cc2nc(-c3ccc(N4CCCC4)nc3)oc2C=O)c(OC)c1. The topological polar surface area (TPSA) is 80.9 Å². The average Bonchev–Trinajstić information content (AvgIpc) is 3.49. The third kappa shape index (κ3) is 4.75. The van der Waals surface area contributed by atoms with Crippen molar-refractivity contribution in [3.05, 3.63) is 53.5 Å². The maximum absolute atomic E-state index is 11.6. The number of anilines is 1. The second-order valence-corrected chi connectivity index (χ2v) is 7.90. The predicted molar refractivity (Wildman–Crippen MR) is 121 cm³/mol. The standard InChI is InChI=1S/C24H28N4O4/c1-27(14-18-6-8-19(30-2)12-21(18)31-3)15-20-22(16-29)32-24(26-20)17-7-9-23(25-13-17)28-10-4-5-11-28/h6-9,12-13,16H,4-5,10-11,14-15H2,1-3H3. The van der Waals surface area contributed by atoms with Gasteiger partial charge in [-0.3, -0.25) is 9.69 Å². The van der Waals surface area contributed by atoms with E-state index in [1.54, 1.807) is 20.4 Å². The second kappa shape index (κ2) is 9.82. The van der Waals surface area contributed by atoms with Crippen LogP contribution in [0, 0.1) is 0 Å². The van der Waals surface area contributed by atoms with Crippen LogP contribution >= 0.6 is 0 Å². The van der Waals surface area contributed by atoms with Crippen LogP contribution in [-0.4, -0.2) is 55.5 Å². The zero-order chi connectivity index (χ0) is 22.5. The molecule has 2 aromatic heterocycles. The van der Waals surface area contributed by atoms with E-state index in [2.05, 4.69) is 14.9 Å². The molecule has 0 aliphatic carbocycles. The van der Waals surface area contributed by atoms with E-state index in [-0.39, 0.29) is 5.76 Å². The molecule has 32 heavy (non-hydrogen) atoms. The molecule has 0 saturated carbocycles. The molecule has 1 fully saturated rings. The molecular weight excluding hydrogens is 408 g/mol. The van der Waals surface area contributed by atoms with Gasteiger partial charge in [0.15, 0.2) is 12.0 Å². The van der Waals surface area contributed by atoms with E-state index in [1.165, 1.54) is 12.8 Å².